The maximum atomic E-state index is 6.17. The molecule has 0 unspecified atom stereocenters. The van der Waals surface area contributed by atoms with Crippen molar-refractivity contribution in [1.82, 2.24) is 4.90 Å². The predicted octanol–water partition coefficient (Wildman–Crippen LogP) is 2.51. The minimum Gasteiger partial charge on any atom is -0.370 e. The summed E-state index contributed by atoms with van der Waals surface area (Å²) in [5.74, 6) is 1.74. The molecular formula is C14H25N3. The van der Waals surface area contributed by atoms with Crippen molar-refractivity contribution < 1.29 is 0 Å². The zero-order chi connectivity index (χ0) is 11.9. The standard InChI is InChI=1S/C14H25N3/c1-11-6-8-14(9-7-11)10-16-13(15)17(14)12-4-2-3-5-12/h11-12H,2-10H2,1H3,(H2,15,16). The van der Waals surface area contributed by atoms with E-state index in [2.05, 4.69) is 16.8 Å². The van der Waals surface area contributed by atoms with Gasteiger partial charge in [-0.2, -0.15) is 0 Å². The molecule has 96 valence electrons. The van der Waals surface area contributed by atoms with Crippen LogP contribution in [0.1, 0.15) is 58.3 Å². The number of rotatable bonds is 1. The maximum Gasteiger partial charge on any atom is 0.192 e. The van der Waals surface area contributed by atoms with Gasteiger partial charge in [-0.15, -0.1) is 0 Å². The summed E-state index contributed by atoms with van der Waals surface area (Å²) < 4.78 is 0. The van der Waals surface area contributed by atoms with Crippen LogP contribution in [0.15, 0.2) is 4.99 Å². The van der Waals surface area contributed by atoms with Gasteiger partial charge in [0, 0.05) is 6.04 Å². The molecular weight excluding hydrogens is 210 g/mol. The molecule has 17 heavy (non-hydrogen) atoms. The monoisotopic (exact) mass is 235 g/mol. The van der Waals surface area contributed by atoms with Crippen molar-refractivity contribution in [3.63, 3.8) is 0 Å². The largest absolute Gasteiger partial charge is 0.370 e. The Morgan fingerprint density at radius 3 is 2.47 bits per heavy atom. The van der Waals surface area contributed by atoms with Crippen molar-refractivity contribution in [2.45, 2.75) is 69.9 Å². The second-order valence-corrected chi connectivity index (χ2v) is 6.39. The van der Waals surface area contributed by atoms with E-state index >= 15 is 0 Å². The minimum atomic E-state index is 0.311. The molecule has 1 spiro atoms. The highest BCUT2D eigenvalue weighted by Crippen LogP contribution is 2.42. The Bertz CT molecular complexity index is 309. The summed E-state index contributed by atoms with van der Waals surface area (Å²) in [6.45, 7) is 3.34. The molecule has 1 aliphatic heterocycles. The van der Waals surface area contributed by atoms with E-state index in [-0.39, 0.29) is 0 Å². The van der Waals surface area contributed by atoms with Crippen molar-refractivity contribution in [2.24, 2.45) is 16.6 Å². The number of aliphatic imine (C=N–C) groups is 1. The van der Waals surface area contributed by atoms with E-state index in [0.29, 0.717) is 11.6 Å². The van der Waals surface area contributed by atoms with E-state index in [0.717, 1.165) is 18.4 Å². The lowest BCUT2D eigenvalue weighted by atomic mass is 9.76. The smallest absolute Gasteiger partial charge is 0.192 e. The molecule has 0 aromatic rings. The summed E-state index contributed by atoms with van der Waals surface area (Å²) in [5, 5.41) is 0. The third kappa shape index (κ3) is 1.84. The molecule has 0 aromatic carbocycles. The molecule has 3 nitrogen and oxygen atoms in total. The van der Waals surface area contributed by atoms with Crippen LogP contribution < -0.4 is 5.73 Å². The van der Waals surface area contributed by atoms with Crippen molar-refractivity contribution >= 4 is 5.96 Å². The summed E-state index contributed by atoms with van der Waals surface area (Å²) >= 11 is 0. The highest BCUT2D eigenvalue weighted by Gasteiger charge is 2.47. The highest BCUT2D eigenvalue weighted by molar-refractivity contribution is 5.81. The van der Waals surface area contributed by atoms with Crippen molar-refractivity contribution in [3.8, 4) is 0 Å². The topological polar surface area (TPSA) is 41.6 Å². The summed E-state index contributed by atoms with van der Waals surface area (Å²) in [6, 6.07) is 0.689. The van der Waals surface area contributed by atoms with Crippen molar-refractivity contribution in [1.29, 1.82) is 0 Å². The number of nitrogens with two attached hydrogens (primary N) is 1. The number of hydrogen-bond donors (Lipinski definition) is 1. The molecule has 2 fully saturated rings. The van der Waals surface area contributed by atoms with Crippen LogP contribution in [-0.2, 0) is 0 Å². The number of nitrogens with zero attached hydrogens (tertiary/aromatic N) is 2. The van der Waals surface area contributed by atoms with E-state index in [4.69, 9.17) is 5.73 Å². The molecule has 0 amide bonds. The fraction of sp³-hybridized carbons (Fsp3) is 0.929. The SMILES string of the molecule is CC1CCC2(CC1)CN=C(N)N2C1CCCC1. The maximum absolute atomic E-state index is 6.17. The van der Waals surface area contributed by atoms with E-state index < -0.39 is 0 Å². The first-order chi connectivity index (χ1) is 8.21. The molecule has 3 aliphatic rings. The molecule has 2 aliphatic carbocycles. The fourth-order valence-electron chi connectivity index (χ4n) is 4.06. The van der Waals surface area contributed by atoms with Crippen molar-refractivity contribution in [3.05, 3.63) is 0 Å². The first kappa shape index (κ1) is 11.4. The van der Waals surface area contributed by atoms with Crippen LogP contribution >= 0.6 is 0 Å². The van der Waals surface area contributed by atoms with Crippen LogP contribution in [-0.4, -0.2) is 29.0 Å². The molecule has 0 aromatic heterocycles. The minimum absolute atomic E-state index is 0.311. The zero-order valence-corrected chi connectivity index (χ0v) is 11.0. The van der Waals surface area contributed by atoms with Crippen LogP contribution in [0.3, 0.4) is 0 Å². The normalized spacial score (nSPS) is 39.0. The second kappa shape index (κ2) is 4.18. The lowest BCUT2D eigenvalue weighted by Crippen LogP contribution is -2.56. The van der Waals surface area contributed by atoms with Gasteiger partial charge >= 0.3 is 0 Å². The molecule has 0 bridgehead atoms. The van der Waals surface area contributed by atoms with Gasteiger partial charge < -0.3 is 10.6 Å². The first-order valence-electron chi connectivity index (χ1n) is 7.30. The first-order valence-corrected chi connectivity index (χ1v) is 7.30. The van der Waals surface area contributed by atoms with Gasteiger partial charge in [0.25, 0.3) is 0 Å². The third-order valence-corrected chi connectivity index (χ3v) is 5.19. The highest BCUT2D eigenvalue weighted by atomic mass is 15.4. The average Bonchev–Trinajstić information content (AvgIpc) is 2.92. The Labute approximate surface area is 104 Å². The van der Waals surface area contributed by atoms with Gasteiger partial charge in [0.2, 0.25) is 0 Å². The molecule has 0 atom stereocenters. The van der Waals surface area contributed by atoms with Crippen molar-refractivity contribution in [2.75, 3.05) is 6.54 Å². The van der Waals surface area contributed by atoms with Crippen LogP contribution in [0.2, 0.25) is 0 Å². The van der Waals surface area contributed by atoms with Crippen LogP contribution in [0.25, 0.3) is 0 Å². The Kier molecular flexibility index (Phi) is 2.80. The molecule has 3 rings (SSSR count). The van der Waals surface area contributed by atoms with Gasteiger partial charge in [-0.1, -0.05) is 19.8 Å². The van der Waals surface area contributed by atoms with E-state index in [1.165, 1.54) is 51.4 Å². The molecule has 3 heteroatoms. The fourth-order valence-corrected chi connectivity index (χ4v) is 4.06. The van der Waals surface area contributed by atoms with Gasteiger partial charge in [-0.25, -0.2) is 0 Å². The quantitative estimate of drug-likeness (QED) is 0.758. The lowest BCUT2D eigenvalue weighted by molar-refractivity contribution is 0.0884. The Morgan fingerprint density at radius 2 is 1.82 bits per heavy atom. The summed E-state index contributed by atoms with van der Waals surface area (Å²) in [6.07, 6.45) is 10.7. The molecule has 0 radical (unpaired) electrons. The molecule has 2 saturated carbocycles. The molecule has 0 saturated heterocycles. The van der Waals surface area contributed by atoms with E-state index in [1.807, 2.05) is 0 Å². The Morgan fingerprint density at radius 1 is 1.18 bits per heavy atom. The number of guanidine groups is 1. The van der Waals surface area contributed by atoms with Gasteiger partial charge in [-0.3, -0.25) is 4.99 Å². The van der Waals surface area contributed by atoms with Gasteiger partial charge in [0.15, 0.2) is 5.96 Å². The third-order valence-electron chi connectivity index (χ3n) is 5.19. The summed E-state index contributed by atoms with van der Waals surface area (Å²) in [4.78, 5) is 7.12. The van der Waals surface area contributed by atoms with Crippen LogP contribution in [0, 0.1) is 5.92 Å². The second-order valence-electron chi connectivity index (χ2n) is 6.39. The molecule has 2 N–H and O–H groups in total. The van der Waals surface area contributed by atoms with E-state index in [1.54, 1.807) is 0 Å². The lowest BCUT2D eigenvalue weighted by Gasteiger charge is -2.46. The Balaban J connectivity index is 1.79. The van der Waals surface area contributed by atoms with E-state index in [9.17, 15) is 0 Å². The van der Waals surface area contributed by atoms with Crippen LogP contribution in [0.5, 0.6) is 0 Å². The number of hydrogen-bond acceptors (Lipinski definition) is 3. The predicted molar refractivity (Wildman–Crippen MR) is 70.9 cm³/mol. The van der Waals surface area contributed by atoms with Gasteiger partial charge in [-0.05, 0) is 44.4 Å². The zero-order valence-electron chi connectivity index (χ0n) is 11.0. The molecule has 1 heterocycles. The summed E-state index contributed by atoms with van der Waals surface area (Å²) in [7, 11) is 0. The average molecular weight is 235 g/mol. The summed E-state index contributed by atoms with van der Waals surface area (Å²) in [5.41, 5.74) is 6.49. The van der Waals surface area contributed by atoms with Gasteiger partial charge in [0.1, 0.15) is 0 Å². The van der Waals surface area contributed by atoms with Crippen LogP contribution in [0.4, 0.5) is 0 Å². The Hall–Kier alpha value is -0.730. The van der Waals surface area contributed by atoms with Gasteiger partial charge in [0.05, 0.1) is 12.1 Å².